The second-order valence-corrected chi connectivity index (χ2v) is 3.43. The van der Waals surface area contributed by atoms with E-state index < -0.39 is 48.1 Å². The lowest BCUT2D eigenvalue weighted by atomic mass is 10.1. The number of pyridine rings is 1. The number of rotatable bonds is 4. The number of ether oxygens (including phenoxy) is 2. The maximum atomic E-state index is 13.6. The molecule has 0 N–H and O–H groups in total. The van der Waals surface area contributed by atoms with E-state index >= 15 is 0 Å². The normalized spacial score (nSPS) is 11.6. The van der Waals surface area contributed by atoms with Crippen molar-refractivity contribution in [3.8, 4) is 5.88 Å². The number of alkyl halides is 5. The fraction of sp³-hybridized carbons (Fsp3) is 0.400. The van der Waals surface area contributed by atoms with E-state index in [1.165, 1.54) is 0 Å². The minimum atomic E-state index is -5.31. The summed E-state index contributed by atoms with van der Waals surface area (Å²) >= 11 is 0. The van der Waals surface area contributed by atoms with Gasteiger partial charge in [0.15, 0.2) is 5.82 Å². The molecule has 0 aromatic carbocycles. The van der Waals surface area contributed by atoms with Crippen molar-refractivity contribution in [1.82, 2.24) is 4.98 Å². The van der Waals surface area contributed by atoms with Gasteiger partial charge in [-0.2, -0.15) is 0 Å². The average molecular weight is 303 g/mol. The van der Waals surface area contributed by atoms with Crippen molar-refractivity contribution in [1.29, 1.82) is 0 Å². The Morgan fingerprint density at radius 3 is 2.45 bits per heavy atom. The molecule has 4 nitrogen and oxygen atoms in total. The molecule has 112 valence electrons. The third kappa shape index (κ3) is 4.28. The molecule has 0 saturated carbocycles. The van der Waals surface area contributed by atoms with Gasteiger partial charge >= 0.3 is 12.3 Å². The molecule has 10 heteroatoms. The number of halogens is 6. The highest BCUT2D eigenvalue weighted by atomic mass is 19.4. The van der Waals surface area contributed by atoms with Crippen LogP contribution in [-0.4, -0.2) is 24.4 Å². The van der Waals surface area contributed by atoms with Gasteiger partial charge in [0.05, 0.1) is 13.5 Å². The first-order valence-electron chi connectivity index (χ1n) is 4.94. The number of hydrogen-bond acceptors (Lipinski definition) is 4. The molecule has 0 radical (unpaired) electrons. The van der Waals surface area contributed by atoms with Gasteiger partial charge in [-0.05, 0) is 6.07 Å². The van der Waals surface area contributed by atoms with Crippen molar-refractivity contribution < 1.29 is 40.6 Å². The van der Waals surface area contributed by atoms with E-state index in [2.05, 4.69) is 14.5 Å². The smallest absolute Gasteiger partial charge is 0.469 e. The van der Waals surface area contributed by atoms with Gasteiger partial charge < -0.3 is 9.47 Å². The summed E-state index contributed by atoms with van der Waals surface area (Å²) in [5.74, 6) is -4.35. The van der Waals surface area contributed by atoms with E-state index in [9.17, 15) is 31.1 Å². The summed E-state index contributed by atoms with van der Waals surface area (Å²) in [6.07, 6.45) is -9.40. The molecule has 1 rings (SSSR count). The highest BCUT2D eigenvalue weighted by Gasteiger charge is 2.34. The Morgan fingerprint density at radius 2 is 2.00 bits per heavy atom. The number of methoxy groups -OCH3 is 1. The van der Waals surface area contributed by atoms with E-state index in [0.717, 1.165) is 7.11 Å². The zero-order chi connectivity index (χ0) is 15.5. The maximum absolute atomic E-state index is 13.6. The van der Waals surface area contributed by atoms with Crippen LogP contribution in [0.25, 0.3) is 0 Å². The van der Waals surface area contributed by atoms with Crippen LogP contribution in [-0.2, 0) is 16.0 Å². The number of nitrogens with zero attached hydrogens (tertiary/aromatic N) is 1. The minimum Gasteiger partial charge on any atom is -0.469 e. The molecule has 0 aliphatic heterocycles. The van der Waals surface area contributed by atoms with Gasteiger partial charge in [0.2, 0.25) is 0 Å². The summed E-state index contributed by atoms with van der Waals surface area (Å²) in [5, 5.41) is 0. The second kappa shape index (κ2) is 5.97. The van der Waals surface area contributed by atoms with Crippen molar-refractivity contribution in [2.45, 2.75) is 19.2 Å². The molecule has 20 heavy (non-hydrogen) atoms. The van der Waals surface area contributed by atoms with Gasteiger partial charge in [-0.25, -0.2) is 18.2 Å². The summed E-state index contributed by atoms with van der Waals surface area (Å²) in [6.45, 7) is 0. The lowest BCUT2D eigenvalue weighted by Gasteiger charge is -2.12. The molecular weight excluding hydrogens is 296 g/mol. The number of carbonyl (C=O) groups excluding carboxylic acids is 1. The van der Waals surface area contributed by atoms with Crippen molar-refractivity contribution in [2.75, 3.05) is 7.11 Å². The van der Waals surface area contributed by atoms with Crippen LogP contribution in [0.15, 0.2) is 6.07 Å². The number of esters is 1. The number of carbonyl (C=O) groups is 1. The Hall–Kier alpha value is -2.00. The number of hydrogen-bond donors (Lipinski definition) is 0. The summed E-state index contributed by atoms with van der Waals surface area (Å²) in [7, 11) is 0.947. The first kappa shape index (κ1) is 16.1. The molecule has 0 atom stereocenters. The molecule has 0 amide bonds. The van der Waals surface area contributed by atoms with Crippen LogP contribution in [0.2, 0.25) is 0 Å². The predicted molar refractivity (Wildman–Crippen MR) is 51.6 cm³/mol. The monoisotopic (exact) mass is 303 g/mol. The summed E-state index contributed by atoms with van der Waals surface area (Å²) in [5.41, 5.74) is -1.88. The molecule has 0 unspecified atom stereocenters. The molecule has 0 spiro atoms. The molecule has 0 fully saturated rings. The highest BCUT2D eigenvalue weighted by molar-refractivity contribution is 5.72. The Bertz CT molecular complexity index is 503. The topological polar surface area (TPSA) is 48.4 Å². The lowest BCUT2D eigenvalue weighted by molar-refractivity contribution is -0.277. The Balaban J connectivity index is 3.25. The third-order valence-electron chi connectivity index (χ3n) is 2.02. The summed E-state index contributed by atoms with van der Waals surface area (Å²) in [6, 6.07) is 0.472. The van der Waals surface area contributed by atoms with E-state index in [-0.39, 0.29) is 0 Å². The zero-order valence-corrected chi connectivity index (χ0v) is 9.80. The van der Waals surface area contributed by atoms with Crippen LogP contribution in [0.5, 0.6) is 5.88 Å². The van der Waals surface area contributed by atoms with Crippen LogP contribution in [0.3, 0.4) is 0 Å². The van der Waals surface area contributed by atoms with Crippen molar-refractivity contribution in [3.63, 3.8) is 0 Å². The van der Waals surface area contributed by atoms with E-state index in [1.807, 2.05) is 0 Å². The van der Waals surface area contributed by atoms with Crippen LogP contribution < -0.4 is 4.74 Å². The van der Waals surface area contributed by atoms with Gasteiger partial charge in [-0.1, -0.05) is 0 Å². The third-order valence-corrected chi connectivity index (χ3v) is 2.02. The van der Waals surface area contributed by atoms with Crippen molar-refractivity contribution in [2.24, 2.45) is 0 Å². The molecule has 0 bridgehead atoms. The van der Waals surface area contributed by atoms with Gasteiger partial charge in [0.1, 0.15) is 5.69 Å². The van der Waals surface area contributed by atoms with Crippen LogP contribution in [0.4, 0.5) is 26.3 Å². The molecule has 1 aromatic heterocycles. The molecule has 0 aliphatic rings. The fourth-order valence-electron chi connectivity index (χ4n) is 1.22. The van der Waals surface area contributed by atoms with E-state index in [1.54, 1.807) is 0 Å². The van der Waals surface area contributed by atoms with E-state index in [4.69, 9.17) is 0 Å². The second-order valence-electron chi connectivity index (χ2n) is 3.43. The fourth-order valence-corrected chi connectivity index (χ4v) is 1.22. The summed E-state index contributed by atoms with van der Waals surface area (Å²) in [4.78, 5) is 13.7. The quantitative estimate of drug-likeness (QED) is 0.634. The standard InChI is InChI=1S/C10H7F6NO3/c1-19-6(18)3-4-2-5(8(12)13)17-9(7(4)11)20-10(14,15)16/h2,8H,3H2,1H3. The molecule has 0 saturated heterocycles. The number of aromatic nitrogens is 1. The van der Waals surface area contributed by atoms with Gasteiger partial charge in [0, 0.05) is 5.56 Å². The first-order valence-corrected chi connectivity index (χ1v) is 4.94. The van der Waals surface area contributed by atoms with E-state index in [0.29, 0.717) is 6.07 Å². The molecule has 1 aromatic rings. The molecule has 0 aliphatic carbocycles. The van der Waals surface area contributed by atoms with Crippen LogP contribution in [0, 0.1) is 5.82 Å². The van der Waals surface area contributed by atoms with Crippen molar-refractivity contribution >= 4 is 5.97 Å². The van der Waals surface area contributed by atoms with Gasteiger partial charge in [-0.3, -0.25) is 4.79 Å². The van der Waals surface area contributed by atoms with Crippen LogP contribution in [0.1, 0.15) is 17.7 Å². The summed E-state index contributed by atoms with van der Waals surface area (Å²) < 4.78 is 81.9. The first-order chi connectivity index (χ1) is 9.14. The molecular formula is C10H7F6NO3. The Morgan fingerprint density at radius 1 is 1.40 bits per heavy atom. The minimum absolute atomic E-state index is 0.472. The Kier molecular flexibility index (Phi) is 4.79. The zero-order valence-electron chi connectivity index (χ0n) is 9.80. The van der Waals surface area contributed by atoms with Gasteiger partial charge in [0.25, 0.3) is 12.3 Å². The predicted octanol–water partition coefficient (Wildman–Crippen LogP) is 2.77. The van der Waals surface area contributed by atoms with Crippen LogP contribution >= 0.6 is 0 Å². The lowest BCUT2D eigenvalue weighted by Crippen LogP contribution is -2.20. The van der Waals surface area contributed by atoms with Crippen molar-refractivity contribution in [3.05, 3.63) is 23.1 Å². The average Bonchev–Trinajstić information content (AvgIpc) is 2.31. The Labute approximate surface area is 108 Å². The van der Waals surface area contributed by atoms with Gasteiger partial charge in [-0.15, -0.1) is 13.2 Å². The molecule has 1 heterocycles. The maximum Gasteiger partial charge on any atom is 0.574 e. The highest BCUT2D eigenvalue weighted by Crippen LogP contribution is 2.29. The SMILES string of the molecule is COC(=O)Cc1cc(C(F)F)nc(OC(F)(F)F)c1F. The largest absolute Gasteiger partial charge is 0.574 e.